The van der Waals surface area contributed by atoms with Crippen LogP contribution >= 0.6 is 11.6 Å². The van der Waals surface area contributed by atoms with Crippen molar-refractivity contribution in [3.63, 3.8) is 0 Å². The molecule has 0 atom stereocenters. The van der Waals surface area contributed by atoms with Crippen molar-refractivity contribution in [2.45, 2.75) is 105 Å². The van der Waals surface area contributed by atoms with Gasteiger partial charge in [0.05, 0.1) is 49.7 Å². The predicted molar refractivity (Wildman–Crippen MR) is 205 cm³/mol. The molecule has 0 aromatic carbocycles. The number of hydrogen-bond acceptors (Lipinski definition) is 13. The monoisotopic (exact) mass is 769 g/mol. The van der Waals surface area contributed by atoms with E-state index in [0.29, 0.717) is 43.1 Å². The first-order valence-electron chi connectivity index (χ1n) is 17.8. The van der Waals surface area contributed by atoms with Crippen LogP contribution in [0.2, 0.25) is 5.15 Å². The first-order valence-corrected chi connectivity index (χ1v) is 18.2. The van der Waals surface area contributed by atoms with Crippen LogP contribution in [0.1, 0.15) is 116 Å². The average Bonchev–Trinajstić information content (AvgIpc) is 3.75. The van der Waals surface area contributed by atoms with Gasteiger partial charge in [-0.15, -0.1) is 0 Å². The van der Waals surface area contributed by atoms with E-state index in [0.717, 1.165) is 71.5 Å². The van der Waals surface area contributed by atoms with Gasteiger partial charge in [0.2, 0.25) is 0 Å². The number of aliphatic hydroxyl groups is 2. The van der Waals surface area contributed by atoms with Crippen molar-refractivity contribution in [1.82, 2.24) is 40.3 Å². The van der Waals surface area contributed by atoms with Gasteiger partial charge in [0, 0.05) is 47.1 Å². The maximum Gasteiger partial charge on any atom is 0.314 e. The number of esters is 2. The molecule has 2 aliphatic carbocycles. The Morgan fingerprint density at radius 1 is 0.741 bits per heavy atom. The van der Waals surface area contributed by atoms with E-state index in [9.17, 15) is 19.8 Å². The van der Waals surface area contributed by atoms with Crippen LogP contribution in [0.25, 0.3) is 0 Å². The van der Waals surface area contributed by atoms with Gasteiger partial charge in [0.15, 0.2) is 0 Å². The number of halogens is 1. The number of nitrogens with one attached hydrogen (secondary N) is 2. The summed E-state index contributed by atoms with van der Waals surface area (Å²) in [6, 6.07) is 7.51. The molecule has 4 aromatic heterocycles. The zero-order valence-electron chi connectivity index (χ0n) is 31.4. The van der Waals surface area contributed by atoms with Gasteiger partial charge in [0.25, 0.3) is 0 Å². The fourth-order valence-corrected chi connectivity index (χ4v) is 7.24. The number of aromatic nitrogens is 8. The van der Waals surface area contributed by atoms with E-state index in [1.807, 2.05) is 39.8 Å². The predicted octanol–water partition coefficient (Wildman–Crippen LogP) is 5.40. The smallest absolute Gasteiger partial charge is 0.314 e. The van der Waals surface area contributed by atoms with Crippen LogP contribution in [0.5, 0.6) is 0 Å². The molecule has 0 aliphatic heterocycles. The minimum Gasteiger partial charge on any atom is -0.469 e. The standard InChI is InChI=1S/C19H26N4O3.C14H19ClN2O3.C4H7N3.CH4/c1-12-8-15(10-16-9-13(2)22-23-16)21-17(20-12)14-4-6-19(11-24,7-5-14)18(25)26-3;1-9-7-11(15)17-12(16-9)10-3-5-14(8-18,6-4-10)13(19)20-2;1-3-2-4(5)7-6-3;/h8-9,14,24H,4-7,10-11H2,1-3H3,(H,22,23);7,10,18H,3-6,8H2,1-2H3;2H,1H3,(H3,5,6,7);1H4. The number of hydrogen-bond donors (Lipinski definition) is 5. The molecule has 0 unspecified atom stereocenters. The topological polar surface area (TPSA) is 228 Å². The lowest BCUT2D eigenvalue weighted by atomic mass is 9.70. The highest BCUT2D eigenvalue weighted by Crippen LogP contribution is 2.44. The molecule has 4 heterocycles. The van der Waals surface area contributed by atoms with E-state index in [1.165, 1.54) is 14.2 Å². The molecule has 2 aliphatic rings. The second-order valence-electron chi connectivity index (χ2n) is 14.2. The van der Waals surface area contributed by atoms with E-state index in [4.69, 9.17) is 31.8 Å². The van der Waals surface area contributed by atoms with Crippen LogP contribution in [0.3, 0.4) is 0 Å². The van der Waals surface area contributed by atoms with E-state index in [-0.39, 0.29) is 44.4 Å². The summed E-state index contributed by atoms with van der Waals surface area (Å²) >= 11 is 5.96. The summed E-state index contributed by atoms with van der Waals surface area (Å²) in [7, 11) is 2.73. The van der Waals surface area contributed by atoms with E-state index in [1.54, 1.807) is 12.1 Å². The summed E-state index contributed by atoms with van der Waals surface area (Å²) in [4.78, 5) is 42.0. The third kappa shape index (κ3) is 11.3. The molecular formula is C38H56ClN9O6. The summed E-state index contributed by atoms with van der Waals surface area (Å²) < 4.78 is 9.70. The zero-order valence-corrected chi connectivity index (χ0v) is 32.2. The number of anilines is 1. The molecule has 15 nitrogen and oxygen atoms in total. The van der Waals surface area contributed by atoms with Crippen molar-refractivity contribution in [2.75, 3.05) is 33.2 Å². The minimum atomic E-state index is -0.773. The zero-order chi connectivity index (χ0) is 38.8. The molecule has 2 fully saturated rings. The Balaban J connectivity index is 0.000000247. The Morgan fingerprint density at radius 3 is 1.57 bits per heavy atom. The third-order valence-electron chi connectivity index (χ3n) is 10.1. The van der Waals surface area contributed by atoms with Crippen LogP contribution in [-0.4, -0.2) is 89.9 Å². The lowest BCUT2D eigenvalue weighted by molar-refractivity contribution is -0.159. The summed E-state index contributed by atoms with van der Waals surface area (Å²) in [5.41, 5.74) is 9.41. The molecule has 0 radical (unpaired) electrons. The summed E-state index contributed by atoms with van der Waals surface area (Å²) in [5, 5.41) is 33.3. The number of nitrogens with two attached hydrogens (primary N) is 1. The molecule has 0 bridgehead atoms. The van der Waals surface area contributed by atoms with Gasteiger partial charge in [-0.05, 0) is 97.3 Å². The van der Waals surface area contributed by atoms with Crippen LogP contribution in [0, 0.1) is 38.5 Å². The number of methoxy groups -OCH3 is 2. The molecule has 296 valence electrons. The number of nitrogen functional groups attached to an aromatic ring is 1. The van der Waals surface area contributed by atoms with Gasteiger partial charge < -0.3 is 25.4 Å². The lowest BCUT2D eigenvalue weighted by Crippen LogP contribution is -2.39. The summed E-state index contributed by atoms with van der Waals surface area (Å²) in [6.07, 6.45) is 6.02. The largest absolute Gasteiger partial charge is 0.469 e. The number of ether oxygens (including phenoxy) is 2. The van der Waals surface area contributed by atoms with E-state index >= 15 is 0 Å². The number of carbonyl (C=O) groups excluding carboxylic acids is 2. The van der Waals surface area contributed by atoms with Gasteiger partial charge in [-0.3, -0.25) is 19.8 Å². The van der Waals surface area contributed by atoms with Gasteiger partial charge in [-0.1, -0.05) is 19.0 Å². The van der Waals surface area contributed by atoms with Crippen molar-refractivity contribution < 1.29 is 29.3 Å². The average molecular weight is 770 g/mol. The number of carbonyl (C=O) groups is 2. The third-order valence-corrected chi connectivity index (χ3v) is 10.3. The van der Waals surface area contributed by atoms with Crippen molar-refractivity contribution in [3.05, 3.63) is 75.2 Å². The second kappa shape index (κ2) is 19.7. The molecule has 16 heteroatoms. The maximum absolute atomic E-state index is 12.1. The first-order chi connectivity index (χ1) is 25.2. The van der Waals surface area contributed by atoms with Crippen molar-refractivity contribution in [2.24, 2.45) is 10.8 Å². The van der Waals surface area contributed by atoms with Gasteiger partial charge >= 0.3 is 11.9 Å². The van der Waals surface area contributed by atoms with Crippen LogP contribution in [-0.2, 0) is 25.5 Å². The fourth-order valence-electron chi connectivity index (χ4n) is 7.00. The maximum atomic E-state index is 12.1. The molecule has 2 saturated carbocycles. The number of aryl methyl sites for hydroxylation is 4. The number of H-pyrrole nitrogens is 2. The van der Waals surface area contributed by atoms with Crippen LogP contribution in [0.4, 0.5) is 5.82 Å². The van der Waals surface area contributed by atoms with E-state index < -0.39 is 10.8 Å². The van der Waals surface area contributed by atoms with E-state index in [2.05, 4.69) is 35.3 Å². The molecule has 6 rings (SSSR count). The quantitative estimate of drug-likeness (QED) is 0.112. The Hall–Kier alpha value is -4.47. The Morgan fingerprint density at radius 2 is 1.20 bits per heavy atom. The molecule has 0 amide bonds. The van der Waals surface area contributed by atoms with Crippen LogP contribution in [0.15, 0.2) is 24.3 Å². The van der Waals surface area contributed by atoms with Gasteiger partial charge in [-0.2, -0.15) is 10.2 Å². The summed E-state index contributed by atoms with van der Waals surface area (Å²) in [5.74, 6) is 1.82. The van der Waals surface area contributed by atoms with Crippen LogP contribution < -0.4 is 5.73 Å². The Bertz CT molecular complexity index is 1780. The first kappa shape index (κ1) is 43.9. The Kier molecular flexibility index (Phi) is 16.1. The van der Waals surface area contributed by atoms with Crippen molar-refractivity contribution in [1.29, 1.82) is 0 Å². The summed E-state index contributed by atoms with van der Waals surface area (Å²) in [6.45, 7) is 7.38. The molecular weight excluding hydrogens is 714 g/mol. The molecule has 54 heavy (non-hydrogen) atoms. The highest BCUT2D eigenvalue weighted by molar-refractivity contribution is 6.29. The number of nitrogens with zero attached hydrogens (tertiary/aromatic N) is 6. The highest BCUT2D eigenvalue weighted by Gasteiger charge is 2.44. The van der Waals surface area contributed by atoms with Crippen molar-refractivity contribution >= 4 is 29.4 Å². The molecule has 0 saturated heterocycles. The fraction of sp³-hybridized carbons (Fsp3) is 0.579. The molecule has 4 aromatic rings. The lowest BCUT2D eigenvalue weighted by Gasteiger charge is -2.35. The normalized spacial score (nSPS) is 22.0. The van der Waals surface area contributed by atoms with Crippen molar-refractivity contribution in [3.8, 4) is 0 Å². The number of rotatable bonds is 8. The molecule has 0 spiro atoms. The SMILES string of the molecule is C.COC(=O)C1(CO)CCC(c2nc(C)cc(Cc3cc(C)[nH]n3)n2)CC1.COC(=O)C1(CO)CCC(c2nc(C)cc(Cl)n2)CC1.Cc1cc(N)n[nH]1. The number of aromatic amines is 2. The highest BCUT2D eigenvalue weighted by atomic mass is 35.5. The Labute approximate surface area is 322 Å². The molecule has 6 N–H and O–H groups in total. The van der Waals surface area contributed by atoms with Gasteiger partial charge in [-0.25, -0.2) is 19.9 Å². The number of aliphatic hydroxyl groups excluding tert-OH is 2. The van der Waals surface area contributed by atoms with Gasteiger partial charge in [0.1, 0.15) is 22.6 Å². The minimum absolute atomic E-state index is 0. The second-order valence-corrected chi connectivity index (χ2v) is 14.5.